The Kier molecular flexibility index (Phi) is 7.90. The van der Waals surface area contributed by atoms with Gasteiger partial charge in [0.25, 0.3) is 0 Å². The normalized spacial score (nSPS) is 19.8. The van der Waals surface area contributed by atoms with Gasteiger partial charge in [-0.15, -0.1) is 0 Å². The zero-order valence-electron chi connectivity index (χ0n) is 14.4. The van der Waals surface area contributed by atoms with Gasteiger partial charge in [0.15, 0.2) is 0 Å². The number of phenolic OH excluding ortho intramolecular Hbond substituents is 2. The minimum absolute atomic E-state index is 0.169. The molecule has 0 aliphatic carbocycles. The lowest BCUT2D eigenvalue weighted by atomic mass is 10.2. The summed E-state index contributed by atoms with van der Waals surface area (Å²) in [6.45, 7) is 3.26. The zero-order valence-corrected chi connectivity index (χ0v) is 14.4. The highest BCUT2D eigenvalue weighted by atomic mass is 19.4. The van der Waals surface area contributed by atoms with Crippen LogP contribution in [-0.2, 0) is 20.4 Å². The van der Waals surface area contributed by atoms with E-state index in [1.165, 1.54) is 36.4 Å². The molecule has 5 nitrogen and oxygen atoms in total. The Morgan fingerprint density at radius 2 is 1.22 bits per heavy atom. The van der Waals surface area contributed by atoms with E-state index in [0.29, 0.717) is 12.2 Å². The average Bonchev–Trinajstić information content (AvgIpc) is 3.54. The quantitative estimate of drug-likeness (QED) is 0.620. The van der Waals surface area contributed by atoms with Crippen LogP contribution in [0.3, 0.4) is 0 Å². The van der Waals surface area contributed by atoms with Crippen LogP contribution in [0.4, 0.5) is 13.2 Å². The second-order valence-corrected chi connectivity index (χ2v) is 5.83. The van der Waals surface area contributed by atoms with E-state index >= 15 is 0 Å². The summed E-state index contributed by atoms with van der Waals surface area (Å²) in [6, 6.07) is 12.1. The van der Waals surface area contributed by atoms with E-state index < -0.39 is 11.7 Å². The minimum atomic E-state index is -4.21. The second-order valence-electron chi connectivity index (χ2n) is 5.83. The van der Waals surface area contributed by atoms with Crippen LogP contribution in [0, 0.1) is 0 Å². The molecule has 2 saturated heterocycles. The Morgan fingerprint density at radius 3 is 1.52 bits per heavy atom. The van der Waals surface area contributed by atoms with Crippen molar-refractivity contribution >= 4 is 0 Å². The van der Waals surface area contributed by atoms with Gasteiger partial charge in [-0.3, -0.25) is 0 Å². The molecule has 2 aliphatic rings. The van der Waals surface area contributed by atoms with Gasteiger partial charge < -0.3 is 24.4 Å². The number of phenols is 2. The Labute approximate surface area is 154 Å². The predicted octanol–water partition coefficient (Wildman–Crippen LogP) is 3.60. The number of rotatable bonds is 4. The van der Waals surface area contributed by atoms with Gasteiger partial charge in [0, 0.05) is 0 Å². The van der Waals surface area contributed by atoms with Crippen molar-refractivity contribution in [2.75, 3.05) is 26.4 Å². The molecule has 2 N–H and O–H groups in total. The molecule has 0 radical (unpaired) electrons. The molecule has 2 atom stereocenters. The van der Waals surface area contributed by atoms with E-state index in [2.05, 4.69) is 0 Å². The van der Waals surface area contributed by atoms with Crippen molar-refractivity contribution in [3.05, 3.63) is 60.2 Å². The topological polar surface area (TPSA) is 74.8 Å². The molecule has 2 fully saturated rings. The van der Waals surface area contributed by atoms with Crippen molar-refractivity contribution in [3.8, 4) is 11.5 Å². The fourth-order valence-electron chi connectivity index (χ4n) is 1.74. The average molecular weight is 386 g/mol. The van der Waals surface area contributed by atoms with Crippen molar-refractivity contribution in [1.82, 2.24) is 0 Å². The van der Waals surface area contributed by atoms with E-state index in [4.69, 9.17) is 24.4 Å². The van der Waals surface area contributed by atoms with Gasteiger partial charge in [-0.25, -0.2) is 0 Å². The molecule has 0 saturated carbocycles. The Hall–Kier alpha value is -2.29. The summed E-state index contributed by atoms with van der Waals surface area (Å²) in [5.41, 5.74) is -0.602. The Morgan fingerprint density at radius 1 is 0.815 bits per heavy atom. The number of alkyl halides is 3. The molecule has 0 amide bonds. The second kappa shape index (κ2) is 10.1. The third-order valence-corrected chi connectivity index (χ3v) is 3.36. The summed E-state index contributed by atoms with van der Waals surface area (Å²) in [4.78, 5) is 0. The minimum Gasteiger partial charge on any atom is -0.508 e. The summed E-state index contributed by atoms with van der Waals surface area (Å²) < 4.78 is 50.5. The SMILES string of the molecule is C(OCC1CO1)C1CO1.FC(F)(F)c1ccccc1.Oc1ccc(O)cc1. The molecule has 27 heavy (non-hydrogen) atoms. The van der Waals surface area contributed by atoms with Gasteiger partial charge in [-0.2, -0.15) is 13.2 Å². The first-order valence-corrected chi connectivity index (χ1v) is 8.26. The van der Waals surface area contributed by atoms with Crippen LogP contribution in [0.2, 0.25) is 0 Å². The van der Waals surface area contributed by atoms with Gasteiger partial charge >= 0.3 is 6.18 Å². The van der Waals surface area contributed by atoms with E-state index in [1.54, 1.807) is 6.07 Å². The highest BCUT2D eigenvalue weighted by molar-refractivity contribution is 5.28. The summed E-state index contributed by atoms with van der Waals surface area (Å²) in [7, 11) is 0. The first kappa shape index (κ1) is 21.0. The van der Waals surface area contributed by atoms with Crippen LogP contribution in [0.15, 0.2) is 54.6 Å². The molecule has 2 aromatic rings. The van der Waals surface area contributed by atoms with E-state index in [-0.39, 0.29) is 11.5 Å². The van der Waals surface area contributed by atoms with Crippen LogP contribution in [0.25, 0.3) is 0 Å². The van der Waals surface area contributed by atoms with E-state index in [9.17, 15) is 13.2 Å². The number of aromatic hydroxyl groups is 2. The molecule has 2 aliphatic heterocycles. The number of benzene rings is 2. The maximum atomic E-state index is 11.8. The van der Waals surface area contributed by atoms with Crippen molar-refractivity contribution in [1.29, 1.82) is 0 Å². The van der Waals surface area contributed by atoms with Crippen LogP contribution in [0.5, 0.6) is 11.5 Å². The van der Waals surface area contributed by atoms with E-state index in [0.717, 1.165) is 38.6 Å². The number of hydrogen-bond donors (Lipinski definition) is 2. The fourth-order valence-corrected chi connectivity index (χ4v) is 1.74. The molecule has 4 rings (SSSR count). The molecule has 0 spiro atoms. The summed E-state index contributed by atoms with van der Waals surface area (Å²) in [6.07, 6.45) is -3.42. The third-order valence-electron chi connectivity index (χ3n) is 3.36. The summed E-state index contributed by atoms with van der Waals surface area (Å²) in [5.74, 6) is 0.339. The number of epoxide rings is 2. The van der Waals surface area contributed by atoms with Crippen molar-refractivity contribution in [2.45, 2.75) is 18.4 Å². The van der Waals surface area contributed by atoms with Gasteiger partial charge in [0.1, 0.15) is 23.7 Å². The summed E-state index contributed by atoms with van der Waals surface area (Å²) in [5, 5.41) is 17.3. The molecule has 8 heteroatoms. The molecular formula is C19H21F3O5. The Bertz CT molecular complexity index is 620. The van der Waals surface area contributed by atoms with Crippen LogP contribution in [0.1, 0.15) is 5.56 Å². The predicted molar refractivity (Wildman–Crippen MR) is 91.5 cm³/mol. The number of halogens is 3. The zero-order chi connectivity index (χ0) is 19.7. The van der Waals surface area contributed by atoms with Gasteiger partial charge in [-0.05, 0) is 24.3 Å². The monoisotopic (exact) mass is 386 g/mol. The molecular weight excluding hydrogens is 365 g/mol. The van der Waals surface area contributed by atoms with Crippen molar-refractivity contribution in [3.63, 3.8) is 0 Å². The molecule has 2 aromatic carbocycles. The first-order chi connectivity index (χ1) is 12.8. The summed E-state index contributed by atoms with van der Waals surface area (Å²) >= 11 is 0. The maximum absolute atomic E-state index is 11.8. The smallest absolute Gasteiger partial charge is 0.416 e. The lowest BCUT2D eigenvalue weighted by Crippen LogP contribution is -2.06. The van der Waals surface area contributed by atoms with Crippen LogP contribution in [-0.4, -0.2) is 48.8 Å². The highest BCUT2D eigenvalue weighted by Crippen LogP contribution is 2.28. The van der Waals surface area contributed by atoms with E-state index in [1.807, 2.05) is 0 Å². The number of ether oxygens (including phenoxy) is 3. The van der Waals surface area contributed by atoms with Crippen LogP contribution < -0.4 is 0 Å². The Balaban J connectivity index is 0.000000146. The largest absolute Gasteiger partial charge is 0.508 e. The molecule has 148 valence electrons. The van der Waals surface area contributed by atoms with Crippen molar-refractivity contribution < 1.29 is 37.6 Å². The lowest BCUT2D eigenvalue weighted by Gasteiger charge is -2.03. The van der Waals surface area contributed by atoms with Gasteiger partial charge in [0.05, 0.1) is 32.0 Å². The first-order valence-electron chi connectivity index (χ1n) is 8.26. The molecule has 0 aromatic heterocycles. The standard InChI is InChI=1S/C7H5F3.C6H10O3.C6H6O2/c8-7(9,10)6-4-2-1-3-5-6;1(5-3-8-5)7-2-6-4-9-6;7-5-1-2-6(8)4-3-5/h1-5H;5-6H,1-4H2;1-4,7-8H. The van der Waals surface area contributed by atoms with Crippen molar-refractivity contribution in [2.24, 2.45) is 0 Å². The van der Waals surface area contributed by atoms with Gasteiger partial charge in [0.2, 0.25) is 0 Å². The molecule has 0 bridgehead atoms. The van der Waals surface area contributed by atoms with Gasteiger partial charge in [-0.1, -0.05) is 30.3 Å². The molecule has 2 heterocycles. The number of hydrogen-bond acceptors (Lipinski definition) is 5. The maximum Gasteiger partial charge on any atom is 0.416 e. The fraction of sp³-hybridized carbons (Fsp3) is 0.368. The lowest BCUT2D eigenvalue weighted by molar-refractivity contribution is -0.137. The highest BCUT2D eigenvalue weighted by Gasteiger charge is 2.29. The van der Waals surface area contributed by atoms with Crippen LogP contribution >= 0.6 is 0 Å². The molecule has 2 unspecified atom stereocenters. The third kappa shape index (κ3) is 9.83.